The van der Waals surface area contributed by atoms with Crippen LogP contribution >= 0.6 is 0 Å². The molecule has 2 N–H and O–H groups in total. The maximum atomic E-state index is 11.7. The molecule has 6 rings (SSSR count). The number of nitrogens with one attached hydrogen (secondary N) is 2. The Labute approximate surface area is 180 Å². The maximum Gasteiger partial charge on any atom is 0.320 e. The van der Waals surface area contributed by atoms with Gasteiger partial charge >= 0.3 is 6.03 Å². The van der Waals surface area contributed by atoms with Crippen LogP contribution in [0.1, 0.15) is 65.0 Å². The first kappa shape index (κ1) is 18.6. The topological polar surface area (TPSA) is 80.5 Å². The molecule has 1 aliphatic heterocycles. The largest absolute Gasteiger partial charge is 0.356 e. The minimum Gasteiger partial charge on any atom is -0.356 e. The molecule has 2 fully saturated rings. The monoisotopic (exact) mass is 415 g/mol. The van der Waals surface area contributed by atoms with Crippen molar-refractivity contribution in [3.8, 4) is 0 Å². The van der Waals surface area contributed by atoms with E-state index in [0.29, 0.717) is 18.4 Å². The average molecular weight is 415 g/mol. The predicted molar refractivity (Wildman–Crippen MR) is 117 cm³/mol. The molecule has 2 amide bonds. The molecule has 2 atom stereocenters. The van der Waals surface area contributed by atoms with Crippen LogP contribution in [0.25, 0.3) is 11.2 Å². The Bertz CT molecular complexity index is 1210. The SMILES string of the molecule is Cc1ccc([C@H]2C[C@@H]2c2cc(/C3=C/NC(=O)NCOC3)nn3ccnc23)cc1C1CC1. The van der Waals surface area contributed by atoms with Crippen LogP contribution in [0.2, 0.25) is 0 Å². The second kappa shape index (κ2) is 7.20. The van der Waals surface area contributed by atoms with Crippen LogP contribution in [0.5, 0.6) is 0 Å². The first-order valence-corrected chi connectivity index (χ1v) is 10.9. The van der Waals surface area contributed by atoms with Gasteiger partial charge in [0.1, 0.15) is 6.73 Å². The molecule has 0 radical (unpaired) electrons. The fourth-order valence-corrected chi connectivity index (χ4v) is 4.67. The molecule has 0 saturated heterocycles. The summed E-state index contributed by atoms with van der Waals surface area (Å²) in [5, 5.41) is 10.1. The van der Waals surface area contributed by atoms with Crippen LogP contribution in [-0.4, -0.2) is 34.0 Å². The molecule has 3 aromatic rings. The van der Waals surface area contributed by atoms with E-state index >= 15 is 0 Å². The number of ether oxygens (including phenoxy) is 1. The van der Waals surface area contributed by atoms with E-state index in [0.717, 1.165) is 29.3 Å². The van der Waals surface area contributed by atoms with Gasteiger partial charge in [-0.15, -0.1) is 0 Å². The third-order valence-electron chi connectivity index (χ3n) is 6.62. The number of amides is 2. The van der Waals surface area contributed by atoms with E-state index < -0.39 is 0 Å². The van der Waals surface area contributed by atoms with Crippen LogP contribution in [0, 0.1) is 6.92 Å². The van der Waals surface area contributed by atoms with Crippen molar-refractivity contribution in [2.45, 2.75) is 43.9 Å². The lowest BCUT2D eigenvalue weighted by molar-refractivity contribution is 0.146. The highest BCUT2D eigenvalue weighted by Gasteiger charge is 2.42. The van der Waals surface area contributed by atoms with Crippen LogP contribution in [0.4, 0.5) is 4.79 Å². The molecule has 0 unspecified atom stereocenters. The van der Waals surface area contributed by atoms with Gasteiger partial charge in [0.15, 0.2) is 5.65 Å². The molecule has 7 nitrogen and oxygen atoms in total. The van der Waals surface area contributed by atoms with E-state index in [-0.39, 0.29) is 12.8 Å². The van der Waals surface area contributed by atoms with E-state index in [2.05, 4.69) is 46.8 Å². The van der Waals surface area contributed by atoms with Gasteiger partial charge in [-0.25, -0.2) is 14.3 Å². The van der Waals surface area contributed by atoms with Gasteiger partial charge < -0.3 is 15.4 Å². The Balaban J connectivity index is 1.35. The summed E-state index contributed by atoms with van der Waals surface area (Å²) in [5.41, 5.74) is 8.15. The number of aromatic nitrogens is 3. The molecule has 158 valence electrons. The average Bonchev–Trinajstić information content (AvgIpc) is 3.68. The summed E-state index contributed by atoms with van der Waals surface area (Å²) >= 11 is 0. The molecule has 3 aliphatic rings. The lowest BCUT2D eigenvalue weighted by Gasteiger charge is -2.15. The van der Waals surface area contributed by atoms with Crippen molar-refractivity contribution in [2.24, 2.45) is 0 Å². The summed E-state index contributed by atoms with van der Waals surface area (Å²) in [6.07, 6.45) is 9.11. The fraction of sp³-hybridized carbons (Fsp3) is 0.375. The van der Waals surface area contributed by atoms with Gasteiger partial charge in [-0.1, -0.05) is 18.2 Å². The van der Waals surface area contributed by atoms with Gasteiger partial charge in [0.2, 0.25) is 0 Å². The minimum atomic E-state index is -0.283. The highest BCUT2D eigenvalue weighted by Crippen LogP contribution is 2.56. The normalized spacial score (nSPS) is 25.2. The third-order valence-corrected chi connectivity index (χ3v) is 6.62. The number of imidazole rings is 1. The fourth-order valence-electron chi connectivity index (χ4n) is 4.67. The number of hydrogen-bond acceptors (Lipinski definition) is 4. The summed E-state index contributed by atoms with van der Waals surface area (Å²) < 4.78 is 7.40. The number of aryl methyl sites for hydroxylation is 1. The Morgan fingerprint density at radius 2 is 2.06 bits per heavy atom. The van der Waals surface area contributed by atoms with Crippen LogP contribution in [0.3, 0.4) is 0 Å². The van der Waals surface area contributed by atoms with E-state index in [9.17, 15) is 4.79 Å². The molecule has 0 bridgehead atoms. The number of benzene rings is 1. The van der Waals surface area contributed by atoms with Crippen molar-refractivity contribution in [3.63, 3.8) is 0 Å². The highest BCUT2D eigenvalue weighted by molar-refractivity contribution is 5.78. The molecule has 2 aliphatic carbocycles. The lowest BCUT2D eigenvalue weighted by atomic mass is 9.97. The van der Waals surface area contributed by atoms with Crippen molar-refractivity contribution in [3.05, 3.63) is 70.8 Å². The van der Waals surface area contributed by atoms with Gasteiger partial charge in [0.05, 0.1) is 12.3 Å². The zero-order valence-electron chi connectivity index (χ0n) is 17.5. The zero-order chi connectivity index (χ0) is 20.9. The van der Waals surface area contributed by atoms with Crippen LogP contribution in [-0.2, 0) is 4.74 Å². The number of fused-ring (bicyclic) bond motifs is 1. The molecule has 3 heterocycles. The number of carbonyl (C=O) groups is 1. The minimum absolute atomic E-state index is 0.171. The molecular weight excluding hydrogens is 390 g/mol. The number of carbonyl (C=O) groups excluding carboxylic acids is 1. The Morgan fingerprint density at radius 3 is 2.94 bits per heavy atom. The van der Waals surface area contributed by atoms with Crippen molar-refractivity contribution in [1.29, 1.82) is 0 Å². The third kappa shape index (κ3) is 3.49. The molecular formula is C24H25N5O2. The summed E-state index contributed by atoms with van der Waals surface area (Å²) in [6.45, 7) is 2.77. The summed E-state index contributed by atoms with van der Waals surface area (Å²) in [4.78, 5) is 16.3. The number of rotatable bonds is 4. The summed E-state index contributed by atoms with van der Waals surface area (Å²) in [5.74, 6) is 1.70. The van der Waals surface area contributed by atoms with Crippen molar-refractivity contribution < 1.29 is 9.53 Å². The van der Waals surface area contributed by atoms with Gasteiger partial charge in [0.25, 0.3) is 0 Å². The molecule has 7 heteroatoms. The van der Waals surface area contributed by atoms with Gasteiger partial charge in [0, 0.05) is 29.7 Å². The summed E-state index contributed by atoms with van der Waals surface area (Å²) in [7, 11) is 0. The van der Waals surface area contributed by atoms with Crippen LogP contribution < -0.4 is 10.6 Å². The zero-order valence-corrected chi connectivity index (χ0v) is 17.5. The molecule has 2 saturated carbocycles. The predicted octanol–water partition coefficient (Wildman–Crippen LogP) is 3.81. The standard InChI is InChI=1S/C24H25N5O2/c1-14-2-3-16(8-18(14)15-4-5-15)19-9-20(19)21-10-22(28-29-7-6-25-23(21)29)17-11-26-24(30)27-13-31-12-17/h2-3,6-8,10-11,15,19-20H,4-5,9,12-13H2,1H3,(H2,26,27,30)/b17-11+/t19-,20+/m1/s1. The van der Waals surface area contributed by atoms with Crippen molar-refractivity contribution >= 4 is 17.3 Å². The highest BCUT2D eigenvalue weighted by atomic mass is 16.5. The van der Waals surface area contributed by atoms with Crippen molar-refractivity contribution in [1.82, 2.24) is 25.2 Å². The molecule has 1 aromatic carbocycles. The van der Waals surface area contributed by atoms with Crippen LogP contribution in [0.15, 0.2) is 42.9 Å². The van der Waals surface area contributed by atoms with E-state index in [1.165, 1.54) is 35.1 Å². The Hall–Kier alpha value is -3.19. The van der Waals surface area contributed by atoms with Gasteiger partial charge in [-0.05, 0) is 66.7 Å². The Morgan fingerprint density at radius 1 is 1.16 bits per heavy atom. The molecule has 2 aromatic heterocycles. The maximum absolute atomic E-state index is 11.7. The molecule has 31 heavy (non-hydrogen) atoms. The lowest BCUT2D eigenvalue weighted by Crippen LogP contribution is -2.36. The Kier molecular flexibility index (Phi) is 4.31. The van der Waals surface area contributed by atoms with Crippen molar-refractivity contribution in [2.75, 3.05) is 13.3 Å². The van der Waals surface area contributed by atoms with E-state index in [1.54, 1.807) is 12.4 Å². The second-order valence-corrected chi connectivity index (χ2v) is 8.83. The second-order valence-electron chi connectivity index (χ2n) is 8.83. The first-order chi connectivity index (χ1) is 15.2. The van der Waals surface area contributed by atoms with Gasteiger partial charge in [-0.3, -0.25) is 0 Å². The number of nitrogens with zero attached hydrogens (tertiary/aromatic N) is 3. The van der Waals surface area contributed by atoms with E-state index in [4.69, 9.17) is 9.84 Å². The quantitative estimate of drug-likeness (QED) is 0.679. The first-order valence-electron chi connectivity index (χ1n) is 10.9. The summed E-state index contributed by atoms with van der Waals surface area (Å²) in [6, 6.07) is 8.86. The van der Waals surface area contributed by atoms with E-state index in [1.807, 2.05) is 10.7 Å². The number of hydrogen-bond donors (Lipinski definition) is 2. The number of urea groups is 1. The molecule has 0 spiro atoms. The van der Waals surface area contributed by atoms with Gasteiger partial charge in [-0.2, -0.15) is 5.10 Å². The smallest absolute Gasteiger partial charge is 0.320 e.